The highest BCUT2D eigenvalue weighted by molar-refractivity contribution is 7.80. The molecule has 2 heterocycles. The van der Waals surface area contributed by atoms with Crippen LogP contribution in [0.15, 0.2) is 0 Å². The van der Waals surface area contributed by atoms with Crippen molar-refractivity contribution in [2.24, 2.45) is 5.92 Å². The Bertz CT molecular complexity index is 342. The van der Waals surface area contributed by atoms with Crippen LogP contribution in [-0.2, 0) is 4.74 Å². The standard InChI is InChI=1S/C10H15FN2O3S/c1-5-3-13(10(15)12-9(5)17)8-2-6(11)7(4-14)16-8/h5-8,14H,2-4H2,1H3,(H,12,15,17)/t5?,6-,7+,8+/m0/s1. The van der Waals surface area contributed by atoms with Crippen LogP contribution in [0.1, 0.15) is 13.3 Å². The molecular formula is C10H15FN2O3S. The first-order valence-electron chi connectivity index (χ1n) is 5.54. The van der Waals surface area contributed by atoms with E-state index >= 15 is 0 Å². The molecular weight excluding hydrogens is 247 g/mol. The molecule has 0 saturated carbocycles. The summed E-state index contributed by atoms with van der Waals surface area (Å²) in [6.07, 6.45) is -2.59. The Morgan fingerprint density at radius 2 is 2.41 bits per heavy atom. The van der Waals surface area contributed by atoms with Gasteiger partial charge in [0, 0.05) is 18.9 Å². The summed E-state index contributed by atoms with van der Waals surface area (Å²) in [6.45, 7) is 1.93. The number of nitrogens with zero attached hydrogens (tertiary/aromatic N) is 1. The third-order valence-electron chi connectivity index (χ3n) is 3.10. The molecule has 1 unspecified atom stereocenters. The Morgan fingerprint density at radius 3 is 3.00 bits per heavy atom. The molecule has 2 aliphatic heterocycles. The van der Waals surface area contributed by atoms with Gasteiger partial charge in [0.15, 0.2) is 0 Å². The van der Waals surface area contributed by atoms with Gasteiger partial charge in [0.1, 0.15) is 18.5 Å². The zero-order valence-electron chi connectivity index (χ0n) is 9.43. The van der Waals surface area contributed by atoms with Gasteiger partial charge in [0.25, 0.3) is 0 Å². The van der Waals surface area contributed by atoms with Crippen molar-refractivity contribution < 1.29 is 19.0 Å². The van der Waals surface area contributed by atoms with E-state index in [-0.39, 0.29) is 25.0 Å². The van der Waals surface area contributed by atoms with Gasteiger partial charge in [0.05, 0.1) is 11.6 Å². The Labute approximate surface area is 104 Å². The zero-order chi connectivity index (χ0) is 12.6. The summed E-state index contributed by atoms with van der Waals surface area (Å²) < 4.78 is 18.7. The van der Waals surface area contributed by atoms with Gasteiger partial charge in [-0.3, -0.25) is 4.90 Å². The molecule has 5 nitrogen and oxygen atoms in total. The molecule has 2 fully saturated rings. The van der Waals surface area contributed by atoms with Crippen molar-refractivity contribution in [3.8, 4) is 0 Å². The van der Waals surface area contributed by atoms with E-state index in [0.717, 1.165) is 0 Å². The van der Waals surface area contributed by atoms with Crippen molar-refractivity contribution in [3.63, 3.8) is 0 Å². The summed E-state index contributed by atoms with van der Waals surface area (Å²) in [6, 6.07) is -0.358. The first-order chi connectivity index (χ1) is 8.02. The molecule has 0 radical (unpaired) electrons. The minimum atomic E-state index is -1.23. The zero-order valence-corrected chi connectivity index (χ0v) is 10.2. The van der Waals surface area contributed by atoms with Crippen LogP contribution >= 0.6 is 12.2 Å². The van der Waals surface area contributed by atoms with Crippen LogP contribution in [0.3, 0.4) is 0 Å². The maximum absolute atomic E-state index is 13.4. The number of urea groups is 1. The molecule has 0 aromatic carbocycles. The van der Waals surface area contributed by atoms with Crippen molar-refractivity contribution in [2.75, 3.05) is 13.2 Å². The second-order valence-electron chi connectivity index (χ2n) is 4.41. The van der Waals surface area contributed by atoms with Gasteiger partial charge in [-0.15, -0.1) is 0 Å². The van der Waals surface area contributed by atoms with Gasteiger partial charge >= 0.3 is 6.03 Å². The molecule has 0 aromatic rings. The fourth-order valence-electron chi connectivity index (χ4n) is 2.05. The average Bonchev–Trinajstić information content (AvgIpc) is 2.65. The fraction of sp³-hybridized carbons (Fsp3) is 0.800. The monoisotopic (exact) mass is 262 g/mol. The summed E-state index contributed by atoms with van der Waals surface area (Å²) in [5.41, 5.74) is 0. The lowest BCUT2D eigenvalue weighted by atomic mass is 10.1. The number of aliphatic hydroxyl groups excluding tert-OH is 1. The number of thiocarbonyl (C=S) groups is 1. The van der Waals surface area contributed by atoms with E-state index in [2.05, 4.69) is 5.32 Å². The van der Waals surface area contributed by atoms with Gasteiger partial charge in [0.2, 0.25) is 0 Å². The van der Waals surface area contributed by atoms with Crippen LogP contribution in [0.2, 0.25) is 0 Å². The van der Waals surface area contributed by atoms with Crippen LogP contribution < -0.4 is 5.32 Å². The van der Waals surface area contributed by atoms with E-state index in [4.69, 9.17) is 22.1 Å². The summed E-state index contributed by atoms with van der Waals surface area (Å²) in [7, 11) is 0. The molecule has 2 rings (SSSR count). The molecule has 17 heavy (non-hydrogen) atoms. The van der Waals surface area contributed by atoms with Gasteiger partial charge in [-0.1, -0.05) is 19.1 Å². The molecule has 0 aliphatic carbocycles. The fourth-order valence-corrected chi connectivity index (χ4v) is 2.22. The molecule has 2 aliphatic rings. The highest BCUT2D eigenvalue weighted by Crippen LogP contribution is 2.27. The molecule has 2 N–H and O–H groups in total. The number of hydrogen-bond donors (Lipinski definition) is 2. The Balaban J connectivity index is 2.03. The number of carbonyl (C=O) groups excluding carboxylic acids is 1. The number of ether oxygens (including phenoxy) is 1. The van der Waals surface area contributed by atoms with E-state index in [1.807, 2.05) is 6.92 Å². The van der Waals surface area contributed by atoms with Gasteiger partial charge in [-0.05, 0) is 0 Å². The summed E-state index contributed by atoms with van der Waals surface area (Å²) in [5, 5.41) is 11.5. The van der Waals surface area contributed by atoms with Crippen molar-refractivity contribution in [1.82, 2.24) is 10.2 Å². The van der Waals surface area contributed by atoms with Crippen LogP contribution in [0, 0.1) is 5.92 Å². The SMILES string of the molecule is CC1CN([C@H]2C[C@H](F)[C@@H](CO)O2)C(=O)NC1=S. The smallest absolute Gasteiger partial charge is 0.324 e. The number of aliphatic hydroxyl groups is 1. The number of rotatable bonds is 2. The van der Waals surface area contributed by atoms with Gasteiger partial charge in [-0.25, -0.2) is 9.18 Å². The van der Waals surface area contributed by atoms with Crippen LogP contribution in [0.4, 0.5) is 9.18 Å². The van der Waals surface area contributed by atoms with Crippen molar-refractivity contribution in [2.45, 2.75) is 31.8 Å². The summed E-state index contributed by atoms with van der Waals surface area (Å²) in [5.74, 6) is 0.0255. The maximum Gasteiger partial charge on any atom is 0.324 e. The predicted octanol–water partition coefficient (Wildman–Crippen LogP) is 0.421. The van der Waals surface area contributed by atoms with Crippen molar-refractivity contribution >= 4 is 23.2 Å². The van der Waals surface area contributed by atoms with E-state index < -0.39 is 18.5 Å². The lowest BCUT2D eigenvalue weighted by Crippen LogP contribution is -2.56. The Morgan fingerprint density at radius 1 is 1.71 bits per heavy atom. The lowest BCUT2D eigenvalue weighted by molar-refractivity contribution is -0.0598. The number of nitrogens with one attached hydrogen (secondary N) is 1. The summed E-state index contributed by atoms with van der Waals surface area (Å²) >= 11 is 4.99. The van der Waals surface area contributed by atoms with Crippen LogP contribution in [-0.4, -0.2) is 52.7 Å². The molecule has 0 spiro atoms. The molecule has 4 atom stereocenters. The molecule has 7 heteroatoms. The van der Waals surface area contributed by atoms with Gasteiger partial charge < -0.3 is 15.2 Å². The highest BCUT2D eigenvalue weighted by Gasteiger charge is 2.42. The number of carbonyl (C=O) groups is 1. The van der Waals surface area contributed by atoms with Crippen molar-refractivity contribution in [3.05, 3.63) is 0 Å². The molecule has 2 amide bonds. The number of hydrogen-bond acceptors (Lipinski definition) is 4. The Hall–Kier alpha value is -0.790. The average molecular weight is 262 g/mol. The quantitative estimate of drug-likeness (QED) is 0.708. The largest absolute Gasteiger partial charge is 0.394 e. The molecule has 0 aromatic heterocycles. The second kappa shape index (κ2) is 4.83. The molecule has 96 valence electrons. The number of alkyl halides is 1. The van der Waals surface area contributed by atoms with Gasteiger partial charge in [-0.2, -0.15) is 0 Å². The topological polar surface area (TPSA) is 61.8 Å². The van der Waals surface area contributed by atoms with E-state index in [1.165, 1.54) is 4.90 Å². The molecule has 2 saturated heterocycles. The Kier molecular flexibility index (Phi) is 3.60. The maximum atomic E-state index is 13.4. The van der Waals surface area contributed by atoms with Crippen LogP contribution in [0.25, 0.3) is 0 Å². The summed E-state index contributed by atoms with van der Waals surface area (Å²) in [4.78, 5) is 13.6. The minimum Gasteiger partial charge on any atom is -0.394 e. The molecule has 0 bridgehead atoms. The lowest BCUT2D eigenvalue weighted by Gasteiger charge is -2.35. The van der Waals surface area contributed by atoms with E-state index in [1.54, 1.807) is 0 Å². The first kappa shape index (κ1) is 12.7. The normalized spacial score (nSPS) is 38.4. The van der Waals surface area contributed by atoms with E-state index in [9.17, 15) is 9.18 Å². The first-order valence-corrected chi connectivity index (χ1v) is 5.95. The second-order valence-corrected chi connectivity index (χ2v) is 4.85. The van der Waals surface area contributed by atoms with Crippen LogP contribution in [0.5, 0.6) is 0 Å². The third-order valence-corrected chi connectivity index (χ3v) is 3.60. The predicted molar refractivity (Wildman–Crippen MR) is 62.3 cm³/mol. The minimum absolute atomic E-state index is 0.0255. The highest BCUT2D eigenvalue weighted by atomic mass is 32.1. The third kappa shape index (κ3) is 2.41. The van der Waals surface area contributed by atoms with Crippen molar-refractivity contribution in [1.29, 1.82) is 0 Å². The number of halogens is 1. The van der Waals surface area contributed by atoms with E-state index in [0.29, 0.717) is 11.5 Å². The number of amides is 2.